The summed E-state index contributed by atoms with van der Waals surface area (Å²) in [6, 6.07) is 0. The van der Waals surface area contributed by atoms with Gasteiger partial charge in [0.25, 0.3) is 10.1 Å². The van der Waals surface area contributed by atoms with Crippen LogP contribution in [0, 0.1) is 11.3 Å². The number of carbonyl (C=O) groups excluding carboxylic acids is 1. The number of hydrogen-bond acceptors (Lipinski definition) is 6. The fourth-order valence-electron chi connectivity index (χ4n) is 3.78. The minimum atomic E-state index is -3.62. The van der Waals surface area contributed by atoms with Gasteiger partial charge in [0.1, 0.15) is 18.0 Å². The van der Waals surface area contributed by atoms with Crippen LogP contribution in [0.15, 0.2) is 34.6 Å². The van der Waals surface area contributed by atoms with Gasteiger partial charge in [-0.3, -0.25) is 4.18 Å². The fraction of sp³-hybridized carbons (Fsp3) is 0.588. The van der Waals surface area contributed by atoms with Crippen LogP contribution in [0.3, 0.4) is 0 Å². The molecule has 0 aromatic carbocycles. The Bertz CT molecular complexity index is 788. The first-order chi connectivity index (χ1) is 11.1. The van der Waals surface area contributed by atoms with Crippen LogP contribution in [0.2, 0.25) is 0 Å². The summed E-state index contributed by atoms with van der Waals surface area (Å²) in [4.78, 5) is 11.8. The van der Waals surface area contributed by atoms with Crippen molar-refractivity contribution in [1.29, 1.82) is 0 Å². The predicted molar refractivity (Wildman–Crippen MR) is 87.4 cm³/mol. The Morgan fingerprint density at radius 1 is 1.38 bits per heavy atom. The van der Waals surface area contributed by atoms with Gasteiger partial charge in [-0.1, -0.05) is 13.8 Å². The van der Waals surface area contributed by atoms with Crippen molar-refractivity contribution in [3.8, 4) is 0 Å². The van der Waals surface area contributed by atoms with Gasteiger partial charge in [0.15, 0.2) is 0 Å². The highest BCUT2D eigenvalue weighted by Gasteiger charge is 2.50. The third-order valence-electron chi connectivity index (χ3n) is 5.47. The van der Waals surface area contributed by atoms with E-state index in [-0.39, 0.29) is 17.3 Å². The van der Waals surface area contributed by atoms with E-state index in [9.17, 15) is 13.2 Å². The minimum absolute atomic E-state index is 0.133. The van der Waals surface area contributed by atoms with Crippen molar-refractivity contribution in [2.75, 3.05) is 13.4 Å². The van der Waals surface area contributed by atoms with Crippen molar-refractivity contribution in [1.82, 2.24) is 0 Å². The number of rotatable bonds is 3. The van der Waals surface area contributed by atoms with Crippen molar-refractivity contribution < 1.29 is 26.9 Å². The molecule has 4 atom stereocenters. The number of methoxy groups -OCH3 is 1. The molecule has 3 aliphatic rings. The maximum Gasteiger partial charge on any atom is 0.339 e. The summed E-state index contributed by atoms with van der Waals surface area (Å²) in [5.74, 6) is 0.135. The number of hydrogen-bond donors (Lipinski definition) is 0. The monoisotopic (exact) mass is 354 g/mol. The Morgan fingerprint density at radius 2 is 2.04 bits per heavy atom. The van der Waals surface area contributed by atoms with Gasteiger partial charge >= 0.3 is 5.97 Å². The summed E-state index contributed by atoms with van der Waals surface area (Å²) in [6.07, 6.45) is 4.28. The van der Waals surface area contributed by atoms with E-state index in [1.165, 1.54) is 7.11 Å². The molecule has 1 aliphatic heterocycles. The van der Waals surface area contributed by atoms with Crippen molar-refractivity contribution >= 4 is 16.1 Å². The van der Waals surface area contributed by atoms with E-state index >= 15 is 0 Å². The summed E-state index contributed by atoms with van der Waals surface area (Å²) in [5, 5.41) is 0. The molecule has 0 spiro atoms. The average Bonchev–Trinajstić information content (AvgIpc) is 2.74. The lowest BCUT2D eigenvalue weighted by atomic mass is 9.60. The molecule has 0 amide bonds. The molecule has 0 N–H and O–H groups in total. The van der Waals surface area contributed by atoms with Crippen molar-refractivity contribution in [2.45, 2.75) is 39.4 Å². The molecule has 0 bridgehead atoms. The Balaban J connectivity index is 2.09. The van der Waals surface area contributed by atoms with Gasteiger partial charge in [0.05, 0.1) is 6.26 Å². The topological polar surface area (TPSA) is 78.9 Å². The van der Waals surface area contributed by atoms with E-state index in [4.69, 9.17) is 13.7 Å². The SMILES string of the molecule is CO[C@@H]1C=C2C=C3OC(=O)C(C)=C3C[C@]2(C)[C@@H](C)[C@H]1OS(C)(=O)=O. The van der Waals surface area contributed by atoms with Gasteiger partial charge in [0, 0.05) is 23.7 Å². The first-order valence-corrected chi connectivity index (χ1v) is 9.66. The molecule has 7 heteroatoms. The van der Waals surface area contributed by atoms with Crippen molar-refractivity contribution in [3.63, 3.8) is 0 Å². The lowest BCUT2D eigenvalue weighted by molar-refractivity contribution is -0.133. The Labute approximate surface area is 142 Å². The average molecular weight is 354 g/mol. The van der Waals surface area contributed by atoms with Crippen molar-refractivity contribution in [3.05, 3.63) is 34.6 Å². The number of ether oxygens (including phenoxy) is 2. The first-order valence-electron chi connectivity index (χ1n) is 7.84. The lowest BCUT2D eigenvalue weighted by Crippen LogP contribution is -2.49. The Kier molecular flexibility index (Phi) is 4.01. The van der Waals surface area contributed by atoms with E-state index in [0.717, 1.165) is 17.4 Å². The van der Waals surface area contributed by atoms with Crippen molar-refractivity contribution in [2.24, 2.45) is 11.3 Å². The van der Waals surface area contributed by atoms with E-state index in [0.29, 0.717) is 17.8 Å². The van der Waals surface area contributed by atoms with Crippen LogP contribution in [0.5, 0.6) is 0 Å². The molecule has 0 radical (unpaired) electrons. The van der Waals surface area contributed by atoms with Gasteiger partial charge in [0.2, 0.25) is 0 Å². The molecule has 2 aliphatic carbocycles. The van der Waals surface area contributed by atoms with E-state index in [1.54, 1.807) is 6.92 Å². The second kappa shape index (κ2) is 5.54. The Morgan fingerprint density at radius 3 is 2.62 bits per heavy atom. The first kappa shape index (κ1) is 17.4. The highest BCUT2D eigenvalue weighted by molar-refractivity contribution is 7.86. The molecule has 3 rings (SSSR count). The highest BCUT2D eigenvalue weighted by Crippen LogP contribution is 2.54. The van der Waals surface area contributed by atoms with Crippen LogP contribution in [-0.4, -0.2) is 40.0 Å². The van der Waals surface area contributed by atoms with Crippen LogP contribution in [0.25, 0.3) is 0 Å². The quantitative estimate of drug-likeness (QED) is 0.570. The number of esters is 1. The van der Waals surface area contributed by atoms with Gasteiger partial charge < -0.3 is 9.47 Å². The predicted octanol–water partition coefficient (Wildman–Crippen LogP) is 2.09. The number of fused-ring (bicyclic) bond motifs is 2. The Hall–Kier alpha value is -1.44. The summed E-state index contributed by atoms with van der Waals surface area (Å²) in [5.41, 5.74) is 2.12. The smallest absolute Gasteiger partial charge is 0.339 e. The molecule has 6 nitrogen and oxygen atoms in total. The molecule has 0 saturated heterocycles. The molecule has 0 aromatic rings. The normalized spacial score (nSPS) is 35.9. The molecule has 0 saturated carbocycles. The van der Waals surface area contributed by atoms with Crippen LogP contribution in [0.1, 0.15) is 27.2 Å². The molecule has 0 unspecified atom stereocenters. The minimum Gasteiger partial charge on any atom is -0.423 e. The highest BCUT2D eigenvalue weighted by atomic mass is 32.2. The second-order valence-corrected chi connectivity index (χ2v) is 8.57. The standard InChI is InChI=1S/C17H22O6S/c1-9-12-8-17(3)10(2)15(23-24(5,19)20)14(21-4)7-11(17)6-13(12)22-16(9)18/h6-7,10,14-15H,8H2,1-5H3/t10-,14+,15+,17+/m0/s1. The van der Waals surface area contributed by atoms with Gasteiger partial charge in [-0.15, -0.1) is 0 Å². The molecule has 0 fully saturated rings. The third kappa shape index (κ3) is 2.64. The van der Waals surface area contributed by atoms with Gasteiger partial charge in [-0.2, -0.15) is 8.42 Å². The lowest BCUT2D eigenvalue weighted by Gasteiger charge is -2.48. The van der Waals surface area contributed by atoms with Gasteiger partial charge in [-0.05, 0) is 37.0 Å². The van der Waals surface area contributed by atoms with Crippen LogP contribution in [0.4, 0.5) is 0 Å². The number of carbonyl (C=O) groups is 1. The largest absolute Gasteiger partial charge is 0.423 e. The van der Waals surface area contributed by atoms with Crippen LogP contribution in [-0.2, 0) is 28.6 Å². The van der Waals surface area contributed by atoms with E-state index in [1.807, 2.05) is 19.1 Å². The molecular formula is C17H22O6S. The molecular weight excluding hydrogens is 332 g/mol. The summed E-state index contributed by atoms with van der Waals surface area (Å²) in [6.45, 7) is 5.78. The molecule has 132 valence electrons. The molecule has 1 heterocycles. The zero-order valence-electron chi connectivity index (χ0n) is 14.5. The summed E-state index contributed by atoms with van der Waals surface area (Å²) < 4.78 is 39.4. The van der Waals surface area contributed by atoms with E-state index < -0.39 is 22.3 Å². The van der Waals surface area contributed by atoms with Gasteiger partial charge in [-0.25, -0.2) is 4.79 Å². The summed E-state index contributed by atoms with van der Waals surface area (Å²) >= 11 is 0. The number of allylic oxidation sites excluding steroid dienone is 3. The third-order valence-corrected chi connectivity index (χ3v) is 6.04. The zero-order chi connectivity index (χ0) is 17.9. The molecule has 0 aromatic heterocycles. The maximum absolute atomic E-state index is 11.8. The molecule has 24 heavy (non-hydrogen) atoms. The second-order valence-electron chi connectivity index (χ2n) is 6.97. The zero-order valence-corrected chi connectivity index (χ0v) is 15.3. The van der Waals surface area contributed by atoms with Crippen LogP contribution < -0.4 is 0 Å². The fourth-order valence-corrected chi connectivity index (χ4v) is 4.46. The summed E-state index contributed by atoms with van der Waals surface area (Å²) in [7, 11) is -2.09. The maximum atomic E-state index is 11.8. The van der Waals surface area contributed by atoms with Crippen LogP contribution >= 0.6 is 0 Å². The van der Waals surface area contributed by atoms with E-state index in [2.05, 4.69) is 6.92 Å².